The molecular weight excluding hydrogens is 272 g/mol. The predicted octanol–water partition coefficient (Wildman–Crippen LogP) is 6.44. The van der Waals surface area contributed by atoms with E-state index in [9.17, 15) is 4.79 Å². The van der Waals surface area contributed by atoms with E-state index in [1.807, 2.05) is 0 Å². The van der Waals surface area contributed by atoms with Crippen LogP contribution in [0.1, 0.15) is 84.0 Å². The number of carbonyl (C=O) groups is 1. The molecule has 2 nitrogen and oxygen atoms in total. The monoisotopic (exact) mass is 306 g/mol. The van der Waals surface area contributed by atoms with Crippen LogP contribution < -0.4 is 0 Å². The Morgan fingerprint density at radius 2 is 1.23 bits per heavy atom. The molecule has 0 heterocycles. The lowest BCUT2D eigenvalue weighted by Crippen LogP contribution is -1.93. The second-order valence-corrected chi connectivity index (χ2v) is 5.79. The van der Waals surface area contributed by atoms with Crippen molar-refractivity contribution in [2.75, 3.05) is 0 Å². The fraction of sp³-hybridized carbons (Fsp3) is 0.650. The van der Waals surface area contributed by atoms with E-state index in [-0.39, 0.29) is 0 Å². The van der Waals surface area contributed by atoms with Crippen LogP contribution in [0, 0.1) is 0 Å². The Bertz CT molecular complexity index is 327. The molecule has 0 aromatic carbocycles. The molecule has 0 aromatic heterocycles. The number of rotatable bonds is 15. The van der Waals surface area contributed by atoms with Crippen LogP contribution in [-0.4, -0.2) is 11.1 Å². The second kappa shape index (κ2) is 17.7. The number of hydrogen-bond donors (Lipinski definition) is 1. The SMILES string of the molecule is CCCCC=CC=CC=CCCCCCCCCCC(=O)O. The van der Waals surface area contributed by atoms with E-state index < -0.39 is 5.97 Å². The normalized spacial score (nSPS) is 12.0. The molecule has 0 aliphatic heterocycles. The van der Waals surface area contributed by atoms with E-state index in [0.29, 0.717) is 6.42 Å². The van der Waals surface area contributed by atoms with Gasteiger partial charge in [-0.3, -0.25) is 4.79 Å². The van der Waals surface area contributed by atoms with E-state index in [1.165, 1.54) is 51.4 Å². The molecule has 0 radical (unpaired) electrons. The van der Waals surface area contributed by atoms with Crippen LogP contribution in [0.25, 0.3) is 0 Å². The first-order chi connectivity index (χ1) is 10.8. The third kappa shape index (κ3) is 18.7. The molecule has 2 heteroatoms. The topological polar surface area (TPSA) is 37.3 Å². The van der Waals surface area contributed by atoms with Crippen LogP contribution in [0.2, 0.25) is 0 Å². The smallest absolute Gasteiger partial charge is 0.303 e. The molecule has 0 unspecified atom stereocenters. The molecular formula is C20H34O2. The largest absolute Gasteiger partial charge is 0.481 e. The molecule has 0 bridgehead atoms. The van der Waals surface area contributed by atoms with Gasteiger partial charge in [0.1, 0.15) is 0 Å². The third-order valence-electron chi connectivity index (χ3n) is 3.59. The molecule has 0 saturated heterocycles. The highest BCUT2D eigenvalue weighted by atomic mass is 16.4. The van der Waals surface area contributed by atoms with Gasteiger partial charge in [-0.25, -0.2) is 0 Å². The maximum Gasteiger partial charge on any atom is 0.303 e. The van der Waals surface area contributed by atoms with Gasteiger partial charge in [0.15, 0.2) is 0 Å². The molecule has 126 valence electrons. The Kier molecular flexibility index (Phi) is 16.7. The maximum atomic E-state index is 10.3. The van der Waals surface area contributed by atoms with Gasteiger partial charge in [-0.1, -0.05) is 88.3 Å². The first-order valence-corrected chi connectivity index (χ1v) is 8.97. The van der Waals surface area contributed by atoms with E-state index >= 15 is 0 Å². The minimum Gasteiger partial charge on any atom is -0.481 e. The number of allylic oxidation sites excluding steroid dienone is 6. The van der Waals surface area contributed by atoms with Crippen LogP contribution >= 0.6 is 0 Å². The van der Waals surface area contributed by atoms with Crippen molar-refractivity contribution < 1.29 is 9.90 Å². The lowest BCUT2D eigenvalue weighted by atomic mass is 10.1. The van der Waals surface area contributed by atoms with Gasteiger partial charge in [-0.2, -0.15) is 0 Å². The summed E-state index contributed by atoms with van der Waals surface area (Å²) in [5.74, 6) is -0.669. The number of carboxylic acids is 1. The number of unbranched alkanes of at least 4 members (excludes halogenated alkanes) is 9. The van der Waals surface area contributed by atoms with Crippen molar-refractivity contribution in [3.63, 3.8) is 0 Å². The summed E-state index contributed by atoms with van der Waals surface area (Å²) in [4.78, 5) is 10.3. The fourth-order valence-corrected chi connectivity index (χ4v) is 2.22. The quantitative estimate of drug-likeness (QED) is 0.279. The van der Waals surface area contributed by atoms with Crippen molar-refractivity contribution in [3.8, 4) is 0 Å². The van der Waals surface area contributed by atoms with Gasteiger partial charge in [-0.05, 0) is 25.7 Å². The number of hydrogen-bond acceptors (Lipinski definition) is 1. The molecule has 0 amide bonds. The Balaban J connectivity index is 3.25. The molecule has 0 fully saturated rings. The summed E-state index contributed by atoms with van der Waals surface area (Å²) in [6, 6.07) is 0. The van der Waals surface area contributed by atoms with Gasteiger partial charge in [0, 0.05) is 6.42 Å². The Morgan fingerprint density at radius 1 is 0.727 bits per heavy atom. The molecule has 0 spiro atoms. The molecule has 0 rings (SSSR count). The van der Waals surface area contributed by atoms with Gasteiger partial charge in [0.25, 0.3) is 0 Å². The fourth-order valence-electron chi connectivity index (χ4n) is 2.22. The lowest BCUT2D eigenvalue weighted by molar-refractivity contribution is -0.137. The Hall–Kier alpha value is -1.31. The van der Waals surface area contributed by atoms with Crippen LogP contribution in [0.4, 0.5) is 0 Å². The van der Waals surface area contributed by atoms with E-state index in [0.717, 1.165) is 19.3 Å². The van der Waals surface area contributed by atoms with Crippen LogP contribution in [-0.2, 0) is 4.79 Å². The molecule has 1 N–H and O–H groups in total. The van der Waals surface area contributed by atoms with Gasteiger partial charge in [0.05, 0.1) is 0 Å². The van der Waals surface area contributed by atoms with Crippen LogP contribution in [0.15, 0.2) is 36.5 Å². The number of aliphatic carboxylic acids is 1. The minimum absolute atomic E-state index is 0.326. The van der Waals surface area contributed by atoms with Crippen molar-refractivity contribution in [1.29, 1.82) is 0 Å². The Labute approximate surface area is 137 Å². The van der Waals surface area contributed by atoms with Gasteiger partial charge in [-0.15, -0.1) is 0 Å². The van der Waals surface area contributed by atoms with Crippen molar-refractivity contribution in [2.45, 2.75) is 84.0 Å². The highest BCUT2D eigenvalue weighted by Gasteiger charge is 1.96. The van der Waals surface area contributed by atoms with E-state index in [2.05, 4.69) is 43.4 Å². The molecule has 0 aliphatic carbocycles. The summed E-state index contributed by atoms with van der Waals surface area (Å²) in [6.45, 7) is 2.21. The predicted molar refractivity (Wildman–Crippen MR) is 96.1 cm³/mol. The van der Waals surface area contributed by atoms with Crippen molar-refractivity contribution in [3.05, 3.63) is 36.5 Å². The summed E-state index contributed by atoms with van der Waals surface area (Å²) in [6.07, 6.45) is 26.3. The average molecular weight is 306 g/mol. The van der Waals surface area contributed by atoms with Crippen LogP contribution in [0.3, 0.4) is 0 Å². The number of carboxylic acid groups (broad SMARTS) is 1. The summed E-state index contributed by atoms with van der Waals surface area (Å²) < 4.78 is 0. The van der Waals surface area contributed by atoms with Crippen molar-refractivity contribution >= 4 is 5.97 Å². The first-order valence-electron chi connectivity index (χ1n) is 8.97. The molecule has 22 heavy (non-hydrogen) atoms. The maximum absolute atomic E-state index is 10.3. The van der Waals surface area contributed by atoms with Gasteiger partial charge in [0.2, 0.25) is 0 Å². The summed E-state index contributed by atoms with van der Waals surface area (Å²) in [7, 11) is 0. The first kappa shape index (κ1) is 20.7. The van der Waals surface area contributed by atoms with Crippen molar-refractivity contribution in [2.24, 2.45) is 0 Å². The zero-order valence-corrected chi connectivity index (χ0v) is 14.3. The highest BCUT2D eigenvalue weighted by Crippen LogP contribution is 2.09. The van der Waals surface area contributed by atoms with Gasteiger partial charge >= 0.3 is 5.97 Å². The summed E-state index contributed by atoms with van der Waals surface area (Å²) in [5.41, 5.74) is 0. The summed E-state index contributed by atoms with van der Waals surface area (Å²) in [5, 5.41) is 8.52. The molecule has 0 aromatic rings. The van der Waals surface area contributed by atoms with E-state index in [1.54, 1.807) is 0 Å². The zero-order valence-electron chi connectivity index (χ0n) is 14.3. The lowest BCUT2D eigenvalue weighted by Gasteiger charge is -1.99. The highest BCUT2D eigenvalue weighted by molar-refractivity contribution is 5.66. The summed E-state index contributed by atoms with van der Waals surface area (Å²) >= 11 is 0. The zero-order chi connectivity index (χ0) is 16.3. The van der Waals surface area contributed by atoms with Crippen LogP contribution in [0.5, 0.6) is 0 Å². The van der Waals surface area contributed by atoms with Gasteiger partial charge < -0.3 is 5.11 Å². The molecule has 0 saturated carbocycles. The average Bonchev–Trinajstić information content (AvgIpc) is 2.50. The standard InChI is InChI=1S/C20H34O2/c1-2-3-4-5-6-7-8-9-10-11-12-13-14-15-16-17-18-19-20(21)22/h5-10H,2-4,11-19H2,1H3,(H,21,22). The van der Waals surface area contributed by atoms with E-state index in [4.69, 9.17) is 5.11 Å². The Morgan fingerprint density at radius 3 is 1.77 bits per heavy atom. The molecule has 0 aliphatic rings. The van der Waals surface area contributed by atoms with Crippen molar-refractivity contribution in [1.82, 2.24) is 0 Å². The minimum atomic E-state index is -0.669. The second-order valence-electron chi connectivity index (χ2n) is 5.79. The third-order valence-corrected chi connectivity index (χ3v) is 3.59. The molecule has 0 atom stereocenters.